The Labute approximate surface area is 137 Å². The van der Waals surface area contributed by atoms with Crippen molar-refractivity contribution in [3.63, 3.8) is 0 Å². The summed E-state index contributed by atoms with van der Waals surface area (Å²) in [5, 5.41) is 0. The zero-order valence-electron chi connectivity index (χ0n) is 14.3. The van der Waals surface area contributed by atoms with Crippen LogP contribution in [0.25, 0.3) is 0 Å². The minimum Gasteiger partial charge on any atom is -0.496 e. The van der Waals surface area contributed by atoms with Crippen LogP contribution in [-0.4, -0.2) is 20.4 Å². The van der Waals surface area contributed by atoms with Crippen LogP contribution in [0.1, 0.15) is 56.6 Å². The van der Waals surface area contributed by atoms with Gasteiger partial charge in [0.05, 0.1) is 14.2 Å². The van der Waals surface area contributed by atoms with E-state index in [9.17, 15) is 13.2 Å². The highest BCUT2D eigenvalue weighted by atomic mass is 19.4. The normalized spacial score (nSPS) is 11.6. The number of rotatable bonds is 10. The van der Waals surface area contributed by atoms with Crippen molar-refractivity contribution in [1.82, 2.24) is 0 Å². The van der Waals surface area contributed by atoms with Gasteiger partial charge in [0.1, 0.15) is 11.5 Å². The molecule has 5 heteroatoms. The first-order chi connectivity index (χ1) is 10.9. The molecule has 2 nitrogen and oxygen atoms in total. The fourth-order valence-corrected chi connectivity index (χ4v) is 2.60. The SMILES string of the molecule is CCCCc1cc(OC)c(CCCCCC(F)(F)F)cc1OC. The van der Waals surface area contributed by atoms with Crippen molar-refractivity contribution < 1.29 is 22.6 Å². The number of benzene rings is 1. The van der Waals surface area contributed by atoms with E-state index >= 15 is 0 Å². The number of unbranched alkanes of at least 4 members (excludes halogenated alkanes) is 3. The quantitative estimate of drug-likeness (QED) is 0.511. The lowest BCUT2D eigenvalue weighted by molar-refractivity contribution is -0.135. The second kappa shape index (κ2) is 9.68. The number of aryl methyl sites for hydroxylation is 2. The van der Waals surface area contributed by atoms with E-state index in [1.165, 1.54) is 0 Å². The number of hydrogen-bond donors (Lipinski definition) is 0. The summed E-state index contributed by atoms with van der Waals surface area (Å²) >= 11 is 0. The second-order valence-electron chi connectivity index (χ2n) is 5.76. The molecule has 0 saturated carbocycles. The van der Waals surface area contributed by atoms with Gasteiger partial charge in [-0.05, 0) is 55.4 Å². The molecule has 0 N–H and O–H groups in total. The average molecular weight is 332 g/mol. The molecular weight excluding hydrogens is 305 g/mol. The fourth-order valence-electron chi connectivity index (χ4n) is 2.60. The van der Waals surface area contributed by atoms with Crippen LogP contribution in [0.2, 0.25) is 0 Å². The smallest absolute Gasteiger partial charge is 0.389 e. The lowest BCUT2D eigenvalue weighted by Gasteiger charge is -2.15. The molecule has 23 heavy (non-hydrogen) atoms. The van der Waals surface area contributed by atoms with Crippen LogP contribution in [0.4, 0.5) is 13.2 Å². The molecule has 0 saturated heterocycles. The molecule has 0 amide bonds. The Morgan fingerprint density at radius 1 is 0.826 bits per heavy atom. The maximum absolute atomic E-state index is 12.1. The fraction of sp³-hybridized carbons (Fsp3) is 0.667. The van der Waals surface area contributed by atoms with E-state index in [0.717, 1.165) is 41.9 Å². The number of ether oxygens (including phenoxy) is 2. The van der Waals surface area contributed by atoms with Gasteiger partial charge in [-0.3, -0.25) is 0 Å². The Hall–Kier alpha value is -1.39. The van der Waals surface area contributed by atoms with Gasteiger partial charge in [-0.1, -0.05) is 19.8 Å². The molecule has 0 aliphatic rings. The topological polar surface area (TPSA) is 18.5 Å². The monoisotopic (exact) mass is 332 g/mol. The molecule has 0 aromatic heterocycles. The van der Waals surface area contributed by atoms with E-state index in [2.05, 4.69) is 6.92 Å². The standard InChI is InChI=1S/C18H27F3O2/c1-4-5-9-14-12-17(23-3)15(13-16(14)22-2)10-7-6-8-11-18(19,20)21/h12-13H,4-11H2,1-3H3. The van der Waals surface area contributed by atoms with Crippen LogP contribution in [0.5, 0.6) is 11.5 Å². The van der Waals surface area contributed by atoms with Crippen molar-refractivity contribution in [2.75, 3.05) is 14.2 Å². The van der Waals surface area contributed by atoms with Crippen molar-refractivity contribution in [3.05, 3.63) is 23.3 Å². The van der Waals surface area contributed by atoms with Crippen molar-refractivity contribution >= 4 is 0 Å². The summed E-state index contributed by atoms with van der Waals surface area (Å²) in [6.45, 7) is 2.14. The summed E-state index contributed by atoms with van der Waals surface area (Å²) in [4.78, 5) is 0. The molecule has 0 fully saturated rings. The van der Waals surface area contributed by atoms with Gasteiger partial charge in [-0.15, -0.1) is 0 Å². The maximum Gasteiger partial charge on any atom is 0.389 e. The average Bonchev–Trinajstić information content (AvgIpc) is 2.51. The molecule has 1 aromatic carbocycles. The number of methoxy groups -OCH3 is 2. The summed E-state index contributed by atoms with van der Waals surface area (Å²) in [6, 6.07) is 3.97. The van der Waals surface area contributed by atoms with Crippen LogP contribution in [-0.2, 0) is 12.8 Å². The Balaban J connectivity index is 2.66. The first kappa shape index (κ1) is 19.7. The number of hydrogen-bond acceptors (Lipinski definition) is 2. The molecule has 1 aromatic rings. The molecule has 0 bridgehead atoms. The van der Waals surface area contributed by atoms with Crippen LogP contribution in [0.3, 0.4) is 0 Å². The predicted octanol–water partition coefficient (Wildman–Crippen LogP) is 5.71. The van der Waals surface area contributed by atoms with Gasteiger partial charge in [0.2, 0.25) is 0 Å². The van der Waals surface area contributed by atoms with E-state index in [1.807, 2.05) is 12.1 Å². The third-order valence-electron chi connectivity index (χ3n) is 3.89. The molecule has 132 valence electrons. The van der Waals surface area contributed by atoms with Gasteiger partial charge >= 0.3 is 6.18 Å². The van der Waals surface area contributed by atoms with Gasteiger partial charge in [0.15, 0.2) is 0 Å². The van der Waals surface area contributed by atoms with E-state index in [1.54, 1.807) is 14.2 Å². The van der Waals surface area contributed by atoms with E-state index in [0.29, 0.717) is 19.3 Å². The van der Waals surface area contributed by atoms with E-state index < -0.39 is 12.6 Å². The van der Waals surface area contributed by atoms with Crippen LogP contribution >= 0.6 is 0 Å². The molecule has 0 spiro atoms. The highest BCUT2D eigenvalue weighted by Gasteiger charge is 2.25. The first-order valence-electron chi connectivity index (χ1n) is 8.21. The van der Waals surface area contributed by atoms with Gasteiger partial charge < -0.3 is 9.47 Å². The molecule has 0 aliphatic carbocycles. The lowest BCUT2D eigenvalue weighted by Crippen LogP contribution is -2.06. The minimum atomic E-state index is -4.05. The lowest BCUT2D eigenvalue weighted by atomic mass is 10.00. The first-order valence-corrected chi connectivity index (χ1v) is 8.21. The number of halogens is 3. The Morgan fingerprint density at radius 3 is 1.78 bits per heavy atom. The summed E-state index contributed by atoms with van der Waals surface area (Å²) in [6.07, 6.45) is 0.505. The van der Waals surface area contributed by atoms with Crippen LogP contribution in [0, 0.1) is 0 Å². The minimum absolute atomic E-state index is 0.178. The molecule has 0 heterocycles. The third kappa shape index (κ3) is 7.14. The zero-order valence-corrected chi connectivity index (χ0v) is 14.3. The second-order valence-corrected chi connectivity index (χ2v) is 5.76. The molecule has 1 rings (SSSR count). The summed E-state index contributed by atoms with van der Waals surface area (Å²) < 4.78 is 47.3. The summed E-state index contributed by atoms with van der Waals surface area (Å²) in [5.74, 6) is 1.64. The molecular formula is C18H27F3O2. The largest absolute Gasteiger partial charge is 0.496 e. The van der Waals surface area contributed by atoms with Crippen molar-refractivity contribution in [2.24, 2.45) is 0 Å². The molecule has 0 aliphatic heterocycles. The summed E-state index contributed by atoms with van der Waals surface area (Å²) in [5.41, 5.74) is 2.11. The summed E-state index contributed by atoms with van der Waals surface area (Å²) in [7, 11) is 3.27. The Bertz CT molecular complexity index is 470. The zero-order chi connectivity index (χ0) is 17.3. The van der Waals surface area contributed by atoms with E-state index in [4.69, 9.17) is 9.47 Å². The van der Waals surface area contributed by atoms with Gasteiger partial charge in [0.25, 0.3) is 0 Å². The Kier molecular flexibility index (Phi) is 8.28. The molecule has 0 atom stereocenters. The molecule has 0 unspecified atom stereocenters. The number of alkyl halides is 3. The van der Waals surface area contributed by atoms with Crippen molar-refractivity contribution in [2.45, 2.75) is 64.5 Å². The van der Waals surface area contributed by atoms with Crippen molar-refractivity contribution in [1.29, 1.82) is 0 Å². The highest BCUT2D eigenvalue weighted by molar-refractivity contribution is 5.46. The maximum atomic E-state index is 12.1. The van der Waals surface area contributed by atoms with Crippen LogP contribution < -0.4 is 9.47 Å². The highest BCUT2D eigenvalue weighted by Crippen LogP contribution is 2.31. The van der Waals surface area contributed by atoms with Crippen LogP contribution in [0.15, 0.2) is 12.1 Å². The van der Waals surface area contributed by atoms with Gasteiger partial charge in [-0.25, -0.2) is 0 Å². The third-order valence-corrected chi connectivity index (χ3v) is 3.89. The molecule has 0 radical (unpaired) electrons. The Morgan fingerprint density at radius 2 is 1.35 bits per heavy atom. The van der Waals surface area contributed by atoms with E-state index in [-0.39, 0.29) is 6.42 Å². The van der Waals surface area contributed by atoms with Gasteiger partial charge in [-0.2, -0.15) is 13.2 Å². The predicted molar refractivity (Wildman–Crippen MR) is 86.4 cm³/mol. The van der Waals surface area contributed by atoms with Crippen molar-refractivity contribution in [3.8, 4) is 11.5 Å². The van der Waals surface area contributed by atoms with Gasteiger partial charge in [0, 0.05) is 6.42 Å².